The molecule has 1 aliphatic carbocycles. The van der Waals surface area contributed by atoms with E-state index in [0.29, 0.717) is 17.9 Å². The van der Waals surface area contributed by atoms with Crippen molar-refractivity contribution in [3.8, 4) is 5.75 Å². The molecule has 1 aliphatic rings. The first-order valence-corrected chi connectivity index (χ1v) is 7.70. The maximum Gasteiger partial charge on any atom is 0.338 e. The monoisotopic (exact) mass is 306 g/mol. The maximum absolute atomic E-state index is 14.1. The number of ether oxygens (including phenoxy) is 1. The SMILES string of the molecule is C=CCC(C)(CC)COc1cc(F)c(C(=O)O)c(C2CC2)c1. The molecule has 1 atom stereocenters. The van der Waals surface area contributed by atoms with Gasteiger partial charge >= 0.3 is 5.97 Å². The van der Waals surface area contributed by atoms with Crippen LogP contribution in [0.25, 0.3) is 0 Å². The Morgan fingerprint density at radius 2 is 2.23 bits per heavy atom. The molecule has 1 aromatic rings. The number of hydrogen-bond acceptors (Lipinski definition) is 2. The first-order valence-electron chi connectivity index (χ1n) is 7.70. The van der Waals surface area contributed by atoms with E-state index in [1.54, 1.807) is 6.07 Å². The van der Waals surface area contributed by atoms with Crippen LogP contribution in [-0.4, -0.2) is 17.7 Å². The number of allylic oxidation sites excluding steroid dienone is 1. The average Bonchev–Trinajstić information content (AvgIpc) is 3.29. The first-order chi connectivity index (χ1) is 10.4. The highest BCUT2D eigenvalue weighted by molar-refractivity contribution is 5.90. The van der Waals surface area contributed by atoms with Gasteiger partial charge in [-0.25, -0.2) is 9.18 Å². The van der Waals surface area contributed by atoms with E-state index < -0.39 is 11.8 Å². The lowest BCUT2D eigenvalue weighted by Gasteiger charge is -2.27. The van der Waals surface area contributed by atoms with E-state index in [4.69, 9.17) is 4.74 Å². The molecule has 0 aliphatic heterocycles. The van der Waals surface area contributed by atoms with Crippen LogP contribution in [0.3, 0.4) is 0 Å². The molecule has 0 bridgehead atoms. The van der Waals surface area contributed by atoms with Gasteiger partial charge in [0.25, 0.3) is 0 Å². The Morgan fingerprint density at radius 1 is 1.55 bits per heavy atom. The van der Waals surface area contributed by atoms with Gasteiger partial charge in [0, 0.05) is 11.5 Å². The van der Waals surface area contributed by atoms with Crippen molar-refractivity contribution < 1.29 is 19.0 Å². The number of rotatable bonds is 8. The Balaban J connectivity index is 2.22. The Bertz CT molecular complexity index is 578. The van der Waals surface area contributed by atoms with Crippen LogP contribution in [0.5, 0.6) is 5.75 Å². The van der Waals surface area contributed by atoms with E-state index in [9.17, 15) is 14.3 Å². The summed E-state index contributed by atoms with van der Waals surface area (Å²) in [5.41, 5.74) is 0.298. The third-order valence-corrected chi connectivity index (χ3v) is 4.40. The van der Waals surface area contributed by atoms with Crippen molar-refractivity contribution in [1.82, 2.24) is 0 Å². The molecular formula is C18H23FO3. The Labute approximate surface area is 130 Å². The van der Waals surface area contributed by atoms with Crippen LogP contribution >= 0.6 is 0 Å². The molecule has 0 spiro atoms. The van der Waals surface area contributed by atoms with Crippen LogP contribution < -0.4 is 4.74 Å². The second-order valence-corrected chi connectivity index (χ2v) is 6.39. The van der Waals surface area contributed by atoms with E-state index in [2.05, 4.69) is 20.4 Å². The molecule has 120 valence electrons. The number of carboxylic acids is 1. The molecule has 1 saturated carbocycles. The molecule has 1 N–H and O–H groups in total. The highest BCUT2D eigenvalue weighted by atomic mass is 19.1. The Hall–Kier alpha value is -1.84. The van der Waals surface area contributed by atoms with Gasteiger partial charge in [-0.3, -0.25) is 0 Å². The van der Waals surface area contributed by atoms with E-state index in [-0.39, 0.29) is 16.9 Å². The predicted molar refractivity (Wildman–Crippen MR) is 84.0 cm³/mol. The fourth-order valence-electron chi connectivity index (χ4n) is 2.54. The fraction of sp³-hybridized carbons (Fsp3) is 0.500. The summed E-state index contributed by atoms with van der Waals surface area (Å²) in [4.78, 5) is 11.2. The summed E-state index contributed by atoms with van der Waals surface area (Å²) in [6.45, 7) is 8.38. The second-order valence-electron chi connectivity index (χ2n) is 6.39. The van der Waals surface area contributed by atoms with Crippen molar-refractivity contribution in [2.24, 2.45) is 5.41 Å². The van der Waals surface area contributed by atoms with Gasteiger partial charge < -0.3 is 9.84 Å². The molecule has 4 heteroatoms. The molecule has 0 saturated heterocycles. The minimum absolute atomic E-state index is 0.0521. The number of carbonyl (C=O) groups is 1. The molecule has 0 heterocycles. The number of halogens is 1. The van der Waals surface area contributed by atoms with Crippen molar-refractivity contribution in [3.63, 3.8) is 0 Å². The van der Waals surface area contributed by atoms with Crippen molar-refractivity contribution >= 4 is 5.97 Å². The van der Waals surface area contributed by atoms with Crippen LogP contribution in [0.15, 0.2) is 24.8 Å². The van der Waals surface area contributed by atoms with Gasteiger partial charge in [0.2, 0.25) is 0 Å². The lowest BCUT2D eigenvalue weighted by Crippen LogP contribution is -2.23. The van der Waals surface area contributed by atoms with Crippen molar-refractivity contribution in [3.05, 3.63) is 41.7 Å². The molecule has 1 aromatic carbocycles. The number of carboxylic acid groups (broad SMARTS) is 1. The molecule has 0 aromatic heterocycles. The first kappa shape index (κ1) is 16.5. The van der Waals surface area contributed by atoms with Gasteiger partial charge in [-0.15, -0.1) is 6.58 Å². The maximum atomic E-state index is 14.1. The minimum Gasteiger partial charge on any atom is -0.493 e. The summed E-state index contributed by atoms with van der Waals surface area (Å²) >= 11 is 0. The van der Waals surface area contributed by atoms with Crippen LogP contribution in [0, 0.1) is 11.2 Å². The quantitative estimate of drug-likeness (QED) is 0.703. The van der Waals surface area contributed by atoms with Gasteiger partial charge in [0.15, 0.2) is 0 Å². The molecule has 1 fully saturated rings. The largest absolute Gasteiger partial charge is 0.493 e. The van der Waals surface area contributed by atoms with E-state index in [1.807, 2.05) is 6.08 Å². The zero-order chi connectivity index (χ0) is 16.3. The topological polar surface area (TPSA) is 46.5 Å². The number of hydrogen-bond donors (Lipinski definition) is 1. The van der Waals surface area contributed by atoms with Crippen molar-refractivity contribution in [2.75, 3.05) is 6.61 Å². The van der Waals surface area contributed by atoms with Crippen molar-refractivity contribution in [1.29, 1.82) is 0 Å². The van der Waals surface area contributed by atoms with E-state index in [0.717, 1.165) is 25.7 Å². The zero-order valence-electron chi connectivity index (χ0n) is 13.2. The summed E-state index contributed by atoms with van der Waals surface area (Å²) in [6, 6.07) is 2.87. The Morgan fingerprint density at radius 3 is 2.73 bits per heavy atom. The normalized spacial score (nSPS) is 16.9. The van der Waals surface area contributed by atoms with E-state index in [1.165, 1.54) is 6.07 Å². The molecular weight excluding hydrogens is 283 g/mol. The predicted octanol–water partition coefficient (Wildman–Crippen LogP) is 4.77. The number of benzene rings is 1. The zero-order valence-corrected chi connectivity index (χ0v) is 13.2. The van der Waals surface area contributed by atoms with Crippen LogP contribution in [0.4, 0.5) is 4.39 Å². The fourth-order valence-corrected chi connectivity index (χ4v) is 2.54. The van der Waals surface area contributed by atoms with Crippen molar-refractivity contribution in [2.45, 2.75) is 45.4 Å². The third-order valence-electron chi connectivity index (χ3n) is 4.40. The molecule has 2 rings (SSSR count). The highest BCUT2D eigenvalue weighted by Gasteiger charge is 2.31. The molecule has 0 amide bonds. The smallest absolute Gasteiger partial charge is 0.338 e. The summed E-state index contributed by atoms with van der Waals surface area (Å²) in [7, 11) is 0. The minimum atomic E-state index is -1.21. The Kier molecular flexibility index (Phi) is 4.89. The third kappa shape index (κ3) is 3.67. The van der Waals surface area contributed by atoms with Crippen LogP contribution in [0.2, 0.25) is 0 Å². The van der Waals surface area contributed by atoms with Gasteiger partial charge in [-0.05, 0) is 43.2 Å². The summed E-state index contributed by atoms with van der Waals surface area (Å²) in [5.74, 6) is -1.37. The highest BCUT2D eigenvalue weighted by Crippen LogP contribution is 2.43. The van der Waals surface area contributed by atoms with Gasteiger partial charge in [0.05, 0.1) is 12.2 Å². The average molecular weight is 306 g/mol. The lowest BCUT2D eigenvalue weighted by molar-refractivity contribution is 0.0690. The molecule has 0 radical (unpaired) electrons. The molecule has 22 heavy (non-hydrogen) atoms. The van der Waals surface area contributed by atoms with Crippen LogP contribution in [-0.2, 0) is 0 Å². The molecule has 3 nitrogen and oxygen atoms in total. The second kappa shape index (κ2) is 6.51. The summed E-state index contributed by atoms with van der Waals surface area (Å²) < 4.78 is 19.9. The van der Waals surface area contributed by atoms with Gasteiger partial charge in [-0.1, -0.05) is 19.9 Å². The molecule has 1 unspecified atom stereocenters. The summed E-state index contributed by atoms with van der Waals surface area (Å²) in [5, 5.41) is 9.19. The summed E-state index contributed by atoms with van der Waals surface area (Å²) in [6.07, 6.45) is 5.41. The van der Waals surface area contributed by atoms with E-state index >= 15 is 0 Å². The van der Waals surface area contributed by atoms with Gasteiger partial charge in [-0.2, -0.15) is 0 Å². The lowest BCUT2D eigenvalue weighted by atomic mass is 9.85. The number of aromatic carboxylic acids is 1. The standard InChI is InChI=1S/C18H23FO3/c1-4-8-18(3,5-2)11-22-13-9-14(12-6-7-12)16(17(20)21)15(19)10-13/h4,9-10,12H,1,5-8,11H2,2-3H3,(H,20,21). The van der Waals surface area contributed by atoms with Crippen LogP contribution in [0.1, 0.15) is 61.4 Å². The van der Waals surface area contributed by atoms with Gasteiger partial charge in [0.1, 0.15) is 11.6 Å².